The maximum Gasteiger partial charge on any atom is 0.166 e. The van der Waals surface area contributed by atoms with E-state index in [4.69, 9.17) is 11.6 Å². The van der Waals surface area contributed by atoms with Crippen molar-refractivity contribution in [3.05, 3.63) is 71.6 Å². The van der Waals surface area contributed by atoms with Gasteiger partial charge in [0.05, 0.1) is 22.4 Å². The number of aryl methyl sites for hydroxylation is 1. The molecule has 0 bridgehead atoms. The predicted octanol–water partition coefficient (Wildman–Crippen LogP) is 5.93. The average Bonchev–Trinajstić information content (AvgIpc) is 3.25. The Kier molecular flexibility index (Phi) is 4.46. The van der Waals surface area contributed by atoms with Crippen molar-refractivity contribution in [2.45, 2.75) is 23.3 Å². The fourth-order valence-corrected chi connectivity index (χ4v) is 3.94. The van der Waals surface area contributed by atoms with Crippen molar-refractivity contribution in [3.63, 3.8) is 0 Å². The summed E-state index contributed by atoms with van der Waals surface area (Å²) in [6, 6.07) is 9.79. The quantitative estimate of drug-likeness (QED) is 0.431. The van der Waals surface area contributed by atoms with E-state index in [2.05, 4.69) is 5.10 Å². The van der Waals surface area contributed by atoms with Crippen LogP contribution in [0.3, 0.4) is 0 Å². The van der Waals surface area contributed by atoms with Crippen molar-refractivity contribution in [1.82, 2.24) is 14.3 Å². The zero-order valence-corrected chi connectivity index (χ0v) is 15.4. The van der Waals surface area contributed by atoms with E-state index in [9.17, 15) is 8.78 Å². The van der Waals surface area contributed by atoms with E-state index in [1.807, 2.05) is 13.1 Å². The summed E-state index contributed by atoms with van der Waals surface area (Å²) in [5.74, 6) is -0.819. The molecule has 2 aromatic heterocycles. The molecule has 26 heavy (non-hydrogen) atoms. The third-order valence-corrected chi connectivity index (χ3v) is 5.49. The summed E-state index contributed by atoms with van der Waals surface area (Å²) in [5, 5.41) is 4.97. The van der Waals surface area contributed by atoms with Crippen molar-refractivity contribution in [2.24, 2.45) is 0 Å². The molecule has 0 spiro atoms. The number of nitrogens with zero attached hydrogens (tertiary/aromatic N) is 3. The van der Waals surface area contributed by atoms with Crippen LogP contribution in [0.2, 0.25) is 5.02 Å². The Bertz CT molecular complexity index is 1100. The second kappa shape index (κ2) is 6.78. The topological polar surface area (TPSA) is 22.8 Å². The van der Waals surface area contributed by atoms with E-state index in [-0.39, 0.29) is 10.8 Å². The van der Waals surface area contributed by atoms with Crippen LogP contribution in [0, 0.1) is 11.6 Å². The number of hydrogen-bond donors (Lipinski definition) is 0. The largest absolute Gasteiger partial charge is 0.310 e. The van der Waals surface area contributed by atoms with Gasteiger partial charge in [0.2, 0.25) is 0 Å². The zero-order valence-electron chi connectivity index (χ0n) is 13.8. The summed E-state index contributed by atoms with van der Waals surface area (Å²) in [4.78, 5) is 1.22. The van der Waals surface area contributed by atoms with Gasteiger partial charge in [-0.05, 0) is 31.2 Å². The van der Waals surface area contributed by atoms with Gasteiger partial charge in [-0.1, -0.05) is 35.5 Å². The molecule has 3 nitrogen and oxygen atoms in total. The van der Waals surface area contributed by atoms with Crippen molar-refractivity contribution >= 4 is 34.3 Å². The summed E-state index contributed by atoms with van der Waals surface area (Å²) in [6.45, 7) is 2.68. The molecule has 0 aliphatic rings. The van der Waals surface area contributed by atoms with Crippen LogP contribution >= 0.6 is 23.4 Å². The molecule has 4 rings (SSSR count). The van der Waals surface area contributed by atoms with Crippen molar-refractivity contribution < 1.29 is 8.78 Å². The highest BCUT2D eigenvalue weighted by Gasteiger charge is 2.18. The van der Waals surface area contributed by atoms with E-state index in [0.717, 1.165) is 10.6 Å². The summed E-state index contributed by atoms with van der Waals surface area (Å²) in [5.41, 5.74) is 1.07. The normalized spacial score (nSPS) is 11.4. The molecule has 0 amide bonds. The predicted molar refractivity (Wildman–Crippen MR) is 100 cm³/mol. The SMILES string of the molecule is CCn1cc(-n2cc(Sc3ccccc3F)c3ccc(Cl)c(F)c32)cn1. The number of aromatic nitrogens is 3. The molecule has 2 heterocycles. The summed E-state index contributed by atoms with van der Waals surface area (Å²) in [6.07, 6.45) is 5.29. The van der Waals surface area contributed by atoms with Crippen LogP contribution in [0.1, 0.15) is 6.92 Å². The number of benzene rings is 2. The lowest BCUT2D eigenvalue weighted by atomic mass is 10.2. The molecule has 132 valence electrons. The Morgan fingerprint density at radius 1 is 1.08 bits per heavy atom. The molecule has 0 aliphatic heterocycles. The minimum atomic E-state index is -0.506. The van der Waals surface area contributed by atoms with Crippen LogP contribution < -0.4 is 0 Å². The van der Waals surface area contributed by atoms with Gasteiger partial charge < -0.3 is 4.57 Å². The van der Waals surface area contributed by atoms with Gasteiger partial charge >= 0.3 is 0 Å². The fourth-order valence-electron chi connectivity index (χ4n) is 2.81. The van der Waals surface area contributed by atoms with E-state index >= 15 is 0 Å². The molecule has 0 aliphatic carbocycles. The van der Waals surface area contributed by atoms with Gasteiger partial charge in [0.25, 0.3) is 0 Å². The molecule has 0 radical (unpaired) electrons. The van der Waals surface area contributed by atoms with E-state index in [0.29, 0.717) is 22.3 Å². The second-order valence-electron chi connectivity index (χ2n) is 5.71. The average molecular weight is 390 g/mol. The van der Waals surface area contributed by atoms with Crippen molar-refractivity contribution in [2.75, 3.05) is 0 Å². The lowest BCUT2D eigenvalue weighted by molar-refractivity contribution is 0.602. The molecule has 7 heteroatoms. The van der Waals surface area contributed by atoms with Gasteiger partial charge in [-0.2, -0.15) is 5.10 Å². The summed E-state index contributed by atoms with van der Waals surface area (Å²) >= 11 is 7.25. The Balaban J connectivity index is 1.92. The highest BCUT2D eigenvalue weighted by molar-refractivity contribution is 7.99. The van der Waals surface area contributed by atoms with Crippen LogP contribution in [-0.4, -0.2) is 14.3 Å². The Labute approximate surface area is 158 Å². The van der Waals surface area contributed by atoms with E-state index in [1.165, 1.54) is 23.9 Å². The van der Waals surface area contributed by atoms with Gasteiger partial charge in [-0.25, -0.2) is 8.78 Å². The number of hydrogen-bond acceptors (Lipinski definition) is 2. The Morgan fingerprint density at radius 2 is 1.88 bits per heavy atom. The van der Waals surface area contributed by atoms with Crippen LogP contribution in [-0.2, 0) is 6.54 Å². The molecule has 2 aromatic carbocycles. The second-order valence-corrected chi connectivity index (χ2v) is 7.20. The van der Waals surface area contributed by atoms with Gasteiger partial charge in [0.15, 0.2) is 5.82 Å². The van der Waals surface area contributed by atoms with Crippen LogP contribution in [0.15, 0.2) is 64.8 Å². The van der Waals surface area contributed by atoms with Gasteiger partial charge in [0, 0.05) is 34.1 Å². The van der Waals surface area contributed by atoms with E-state index in [1.54, 1.807) is 45.9 Å². The molecule has 4 aromatic rings. The van der Waals surface area contributed by atoms with Crippen LogP contribution in [0.5, 0.6) is 0 Å². The van der Waals surface area contributed by atoms with Gasteiger partial charge in [-0.15, -0.1) is 0 Å². The van der Waals surface area contributed by atoms with Crippen molar-refractivity contribution in [1.29, 1.82) is 0 Å². The maximum atomic E-state index is 14.8. The lowest BCUT2D eigenvalue weighted by Crippen LogP contribution is -1.94. The number of halogens is 3. The first-order chi connectivity index (χ1) is 12.6. The Hall–Kier alpha value is -2.31. The first-order valence-corrected chi connectivity index (χ1v) is 9.22. The van der Waals surface area contributed by atoms with E-state index < -0.39 is 5.82 Å². The lowest BCUT2D eigenvalue weighted by Gasteiger charge is -2.03. The minimum absolute atomic E-state index is 0.0437. The highest BCUT2D eigenvalue weighted by atomic mass is 35.5. The highest BCUT2D eigenvalue weighted by Crippen LogP contribution is 2.39. The number of fused-ring (bicyclic) bond motifs is 1. The first-order valence-electron chi connectivity index (χ1n) is 8.02. The monoisotopic (exact) mass is 389 g/mol. The number of rotatable bonds is 4. The molecule has 0 atom stereocenters. The molecule has 0 saturated heterocycles. The van der Waals surface area contributed by atoms with Gasteiger partial charge in [0.1, 0.15) is 5.82 Å². The summed E-state index contributed by atoms with van der Waals surface area (Å²) in [7, 11) is 0. The molecule has 0 unspecified atom stereocenters. The molecule has 0 saturated carbocycles. The molecule has 0 N–H and O–H groups in total. The minimum Gasteiger partial charge on any atom is -0.310 e. The summed E-state index contributed by atoms with van der Waals surface area (Å²) < 4.78 is 32.3. The standard InChI is InChI=1S/C19H14ClF2N3S/c1-2-24-10-12(9-23-24)25-11-17(26-16-6-4-3-5-15(16)21)13-7-8-14(20)18(22)19(13)25/h3-11H,2H2,1H3. The third kappa shape index (κ3) is 2.89. The molecular formula is C19H14ClF2N3S. The van der Waals surface area contributed by atoms with Crippen molar-refractivity contribution in [3.8, 4) is 5.69 Å². The first kappa shape index (κ1) is 17.1. The molecule has 0 fully saturated rings. The van der Waals surface area contributed by atoms with Crippen LogP contribution in [0.4, 0.5) is 8.78 Å². The third-order valence-electron chi connectivity index (χ3n) is 4.10. The fraction of sp³-hybridized carbons (Fsp3) is 0.105. The van der Waals surface area contributed by atoms with Crippen LogP contribution in [0.25, 0.3) is 16.6 Å². The maximum absolute atomic E-state index is 14.8. The zero-order chi connectivity index (χ0) is 18.3. The smallest absolute Gasteiger partial charge is 0.166 e. The molecular weight excluding hydrogens is 376 g/mol. The Morgan fingerprint density at radius 3 is 2.62 bits per heavy atom. The van der Waals surface area contributed by atoms with Gasteiger partial charge in [-0.3, -0.25) is 4.68 Å².